The molecule has 0 aliphatic carbocycles. The molecule has 0 saturated carbocycles. The average Bonchev–Trinajstić information content (AvgIpc) is 2.95. The van der Waals surface area contributed by atoms with E-state index < -0.39 is 23.8 Å². The standard InChI is InChI=1S/C32H24F3NO4/c33-32(34,35)27-11-5-10-25-29(26(18-36-30(25)27)31(39)22-6-2-1-3-7-22)23-8-4-9-24(17-23)40-19-21-14-12-20(13-15-21)16-28(37)38/h1-15,17-18,31,39H,16,19H2,(H,37,38). The molecule has 0 aliphatic heterocycles. The van der Waals surface area contributed by atoms with Gasteiger partial charge in [-0.1, -0.05) is 78.9 Å². The first kappa shape index (κ1) is 26.9. The Morgan fingerprint density at radius 2 is 1.57 bits per heavy atom. The lowest BCUT2D eigenvalue weighted by molar-refractivity contribution is -0.137. The summed E-state index contributed by atoms with van der Waals surface area (Å²) in [6.07, 6.45) is -4.50. The van der Waals surface area contributed by atoms with Crippen LogP contribution >= 0.6 is 0 Å². The van der Waals surface area contributed by atoms with Crippen LogP contribution in [0.25, 0.3) is 22.0 Å². The summed E-state index contributed by atoms with van der Waals surface area (Å²) in [5.41, 5.74) is 2.36. The van der Waals surface area contributed by atoms with Gasteiger partial charge in [0.05, 0.1) is 17.5 Å². The molecule has 4 aromatic carbocycles. The quantitative estimate of drug-likeness (QED) is 0.216. The number of ether oxygens (including phenoxy) is 1. The summed E-state index contributed by atoms with van der Waals surface area (Å²) >= 11 is 0. The number of halogens is 3. The summed E-state index contributed by atoms with van der Waals surface area (Å²) in [6, 6.07) is 26.7. The minimum atomic E-state index is -4.60. The van der Waals surface area contributed by atoms with Gasteiger partial charge in [0.25, 0.3) is 0 Å². The van der Waals surface area contributed by atoms with E-state index in [9.17, 15) is 23.1 Å². The molecule has 2 N–H and O–H groups in total. The maximum atomic E-state index is 13.9. The number of para-hydroxylation sites is 1. The number of benzene rings is 4. The fourth-order valence-electron chi connectivity index (χ4n) is 4.65. The second-order valence-electron chi connectivity index (χ2n) is 9.30. The smallest absolute Gasteiger partial charge is 0.418 e. The van der Waals surface area contributed by atoms with Gasteiger partial charge in [0, 0.05) is 17.1 Å². The van der Waals surface area contributed by atoms with Crippen LogP contribution in [0.15, 0.2) is 103 Å². The van der Waals surface area contributed by atoms with Crippen molar-refractivity contribution in [1.82, 2.24) is 4.98 Å². The van der Waals surface area contributed by atoms with Crippen molar-refractivity contribution in [2.75, 3.05) is 0 Å². The van der Waals surface area contributed by atoms with Crippen LogP contribution in [0, 0.1) is 0 Å². The third-order valence-electron chi connectivity index (χ3n) is 6.55. The molecule has 1 heterocycles. The third kappa shape index (κ3) is 5.82. The van der Waals surface area contributed by atoms with Gasteiger partial charge in [0.2, 0.25) is 0 Å². The van der Waals surface area contributed by atoms with E-state index in [2.05, 4.69) is 4.98 Å². The van der Waals surface area contributed by atoms with E-state index in [1.807, 2.05) is 6.07 Å². The molecule has 1 unspecified atom stereocenters. The number of aromatic nitrogens is 1. The lowest BCUT2D eigenvalue weighted by Crippen LogP contribution is -2.09. The number of aliphatic hydroxyl groups is 1. The van der Waals surface area contributed by atoms with Gasteiger partial charge in [-0.25, -0.2) is 0 Å². The number of alkyl halides is 3. The van der Waals surface area contributed by atoms with E-state index in [-0.39, 0.29) is 23.9 Å². The normalized spacial score (nSPS) is 12.3. The number of carboxylic acids is 1. The maximum absolute atomic E-state index is 13.9. The summed E-state index contributed by atoms with van der Waals surface area (Å²) < 4.78 is 47.5. The zero-order valence-electron chi connectivity index (χ0n) is 21.1. The van der Waals surface area contributed by atoms with Crippen molar-refractivity contribution in [2.24, 2.45) is 0 Å². The minimum absolute atomic E-state index is 0.0731. The molecular weight excluding hydrogens is 519 g/mol. The monoisotopic (exact) mass is 543 g/mol. The number of hydrogen-bond acceptors (Lipinski definition) is 4. The first-order chi connectivity index (χ1) is 19.2. The molecule has 0 spiro atoms. The lowest BCUT2D eigenvalue weighted by Gasteiger charge is -2.20. The Labute approximate surface area is 228 Å². The van der Waals surface area contributed by atoms with Gasteiger partial charge >= 0.3 is 12.1 Å². The van der Waals surface area contributed by atoms with Crippen LogP contribution < -0.4 is 4.74 Å². The van der Waals surface area contributed by atoms with Crippen LogP contribution in [0.2, 0.25) is 0 Å². The van der Waals surface area contributed by atoms with Crippen LogP contribution in [-0.4, -0.2) is 21.2 Å². The summed E-state index contributed by atoms with van der Waals surface area (Å²) in [4.78, 5) is 15.1. The average molecular weight is 544 g/mol. The number of rotatable bonds is 8. The predicted octanol–water partition coefficient (Wildman–Crippen LogP) is 7.21. The molecule has 0 fully saturated rings. The van der Waals surface area contributed by atoms with Crippen molar-refractivity contribution in [3.63, 3.8) is 0 Å². The van der Waals surface area contributed by atoms with Gasteiger partial charge in [0.15, 0.2) is 0 Å². The molecule has 5 rings (SSSR count). The van der Waals surface area contributed by atoms with Crippen LogP contribution in [-0.2, 0) is 24.0 Å². The highest BCUT2D eigenvalue weighted by Gasteiger charge is 2.34. The largest absolute Gasteiger partial charge is 0.489 e. The highest BCUT2D eigenvalue weighted by atomic mass is 19.4. The molecular formula is C32H24F3NO4. The zero-order valence-corrected chi connectivity index (χ0v) is 21.1. The molecule has 0 amide bonds. The Bertz CT molecular complexity index is 1650. The van der Waals surface area contributed by atoms with Crippen molar-refractivity contribution in [3.05, 3.63) is 131 Å². The highest BCUT2D eigenvalue weighted by Crippen LogP contribution is 2.41. The van der Waals surface area contributed by atoms with Crippen molar-refractivity contribution in [1.29, 1.82) is 0 Å². The van der Waals surface area contributed by atoms with E-state index in [4.69, 9.17) is 9.84 Å². The second kappa shape index (κ2) is 11.2. The number of aliphatic carboxylic acids is 1. The molecule has 202 valence electrons. The van der Waals surface area contributed by atoms with E-state index in [1.165, 1.54) is 12.3 Å². The van der Waals surface area contributed by atoms with Crippen molar-refractivity contribution < 1.29 is 32.9 Å². The summed E-state index contributed by atoms with van der Waals surface area (Å²) in [5, 5.41) is 20.5. The van der Waals surface area contributed by atoms with E-state index >= 15 is 0 Å². The topological polar surface area (TPSA) is 79.7 Å². The number of nitrogens with zero attached hydrogens (tertiary/aromatic N) is 1. The Hall–Kier alpha value is -4.69. The molecule has 0 aliphatic rings. The molecule has 1 atom stereocenters. The number of fused-ring (bicyclic) bond motifs is 1. The molecule has 8 heteroatoms. The lowest BCUT2D eigenvalue weighted by atomic mass is 9.90. The Balaban J connectivity index is 1.55. The Morgan fingerprint density at radius 3 is 2.27 bits per heavy atom. The number of pyridine rings is 1. The minimum Gasteiger partial charge on any atom is -0.489 e. The van der Waals surface area contributed by atoms with Crippen molar-refractivity contribution in [2.45, 2.75) is 25.3 Å². The van der Waals surface area contributed by atoms with Gasteiger partial charge in [-0.2, -0.15) is 13.2 Å². The zero-order chi connectivity index (χ0) is 28.3. The molecule has 1 aromatic heterocycles. The van der Waals surface area contributed by atoms with Crippen LogP contribution in [0.5, 0.6) is 5.75 Å². The second-order valence-corrected chi connectivity index (χ2v) is 9.30. The predicted molar refractivity (Wildman–Crippen MR) is 145 cm³/mol. The van der Waals surface area contributed by atoms with E-state index in [0.717, 1.165) is 11.6 Å². The summed E-state index contributed by atoms with van der Waals surface area (Å²) in [6.45, 7) is 0.200. The molecule has 0 saturated heterocycles. The number of carboxylic acid groups (broad SMARTS) is 1. The molecule has 5 nitrogen and oxygen atoms in total. The van der Waals surface area contributed by atoms with Gasteiger partial charge in [-0.3, -0.25) is 9.78 Å². The van der Waals surface area contributed by atoms with Crippen molar-refractivity contribution >= 4 is 16.9 Å². The van der Waals surface area contributed by atoms with E-state index in [0.29, 0.717) is 33.6 Å². The first-order valence-electron chi connectivity index (χ1n) is 12.5. The fourth-order valence-corrected chi connectivity index (χ4v) is 4.65. The van der Waals surface area contributed by atoms with Crippen molar-refractivity contribution in [3.8, 4) is 16.9 Å². The Kier molecular flexibility index (Phi) is 7.53. The van der Waals surface area contributed by atoms with Crippen LogP contribution in [0.1, 0.15) is 33.9 Å². The molecule has 40 heavy (non-hydrogen) atoms. The highest BCUT2D eigenvalue weighted by molar-refractivity contribution is 5.98. The van der Waals surface area contributed by atoms with E-state index in [1.54, 1.807) is 78.9 Å². The van der Waals surface area contributed by atoms with Gasteiger partial charge in [-0.05, 0) is 46.0 Å². The maximum Gasteiger partial charge on any atom is 0.418 e. The molecule has 5 aromatic rings. The molecule has 0 radical (unpaired) electrons. The van der Waals surface area contributed by atoms with Gasteiger partial charge in [-0.15, -0.1) is 0 Å². The van der Waals surface area contributed by atoms with Crippen LogP contribution in [0.3, 0.4) is 0 Å². The summed E-state index contributed by atoms with van der Waals surface area (Å²) in [7, 11) is 0. The van der Waals surface area contributed by atoms with Crippen LogP contribution in [0.4, 0.5) is 13.2 Å². The number of carbonyl (C=O) groups is 1. The fraction of sp³-hybridized carbons (Fsp3) is 0.125. The Morgan fingerprint density at radius 1 is 0.875 bits per heavy atom. The van der Waals surface area contributed by atoms with Gasteiger partial charge < -0.3 is 14.9 Å². The number of aliphatic hydroxyl groups excluding tert-OH is 1. The number of hydrogen-bond donors (Lipinski definition) is 2. The summed E-state index contributed by atoms with van der Waals surface area (Å²) in [5.74, 6) is -0.437. The third-order valence-corrected chi connectivity index (χ3v) is 6.55. The first-order valence-corrected chi connectivity index (χ1v) is 12.5. The molecule has 0 bridgehead atoms. The van der Waals surface area contributed by atoms with Gasteiger partial charge in [0.1, 0.15) is 18.5 Å². The SMILES string of the molecule is O=C(O)Cc1ccc(COc2cccc(-c3c(C(O)c4ccccc4)cnc4c(C(F)(F)F)cccc34)c2)cc1.